The Hall–Kier alpha value is -3.89. The molecular weight excluding hydrogens is 606 g/mol. The number of hydrogen-bond donors (Lipinski definition) is 10. The zero-order valence-electron chi connectivity index (χ0n) is 25.7. The number of aliphatic carboxylic acids is 1. The number of primary amides is 1. The fourth-order valence-corrected chi connectivity index (χ4v) is 4.43. The number of phenolic OH excluding ortho intramolecular Hbond substituents is 1. The number of carbonyl (C=O) groups excluding carboxylic acids is 5. The first-order chi connectivity index (χ1) is 21.2. The van der Waals surface area contributed by atoms with Crippen LogP contribution < -0.4 is 38.5 Å². The number of unbranched alkanes of at least 4 members (excludes halogenated alkanes) is 1. The first-order valence-electron chi connectivity index (χ1n) is 14.8. The molecule has 5 amide bonds. The lowest BCUT2D eigenvalue weighted by Gasteiger charge is -2.26. The molecule has 0 aliphatic carbocycles. The third-order valence-electron chi connectivity index (χ3n) is 7.26. The van der Waals surface area contributed by atoms with Crippen LogP contribution in [0.4, 0.5) is 0 Å². The first kappa shape index (κ1) is 39.1. The molecule has 12 N–H and O–H groups in total. The molecule has 16 heteroatoms. The molecule has 0 radical (unpaired) electrons. The van der Waals surface area contributed by atoms with Crippen LogP contribution in [0, 0.1) is 5.92 Å². The smallest absolute Gasteiger partial charge is 0.326 e. The Balaban J connectivity index is 3.16. The van der Waals surface area contributed by atoms with Gasteiger partial charge >= 0.3 is 5.97 Å². The molecule has 0 saturated carbocycles. The van der Waals surface area contributed by atoms with E-state index in [-0.39, 0.29) is 43.1 Å². The van der Waals surface area contributed by atoms with E-state index in [4.69, 9.17) is 17.2 Å². The van der Waals surface area contributed by atoms with E-state index in [0.717, 1.165) is 0 Å². The lowest BCUT2D eigenvalue weighted by atomic mass is 9.98. The normalized spacial score (nSPS) is 15.0. The molecular formula is C29H47N7O8S. The second kappa shape index (κ2) is 20.2. The number of nitrogens with one attached hydrogen (secondary N) is 4. The maximum absolute atomic E-state index is 13.3. The summed E-state index contributed by atoms with van der Waals surface area (Å²) in [5.41, 5.74) is 17.3. The predicted molar refractivity (Wildman–Crippen MR) is 170 cm³/mol. The summed E-state index contributed by atoms with van der Waals surface area (Å²) in [5, 5.41) is 29.2. The lowest BCUT2D eigenvalue weighted by Crippen LogP contribution is -2.59. The SMILES string of the molecule is CCC(C)C(N)C(=O)NC(CCC(N)=O)C(=O)NC(CS)C(=O)NC(Cc1ccc(O)cc1)C(=O)NC(CCCCN)C(=O)O. The van der Waals surface area contributed by atoms with E-state index < -0.39 is 65.7 Å². The summed E-state index contributed by atoms with van der Waals surface area (Å²) in [4.78, 5) is 75.7. The Kier molecular flexibility index (Phi) is 17.6. The average molecular weight is 654 g/mol. The Morgan fingerprint density at radius 1 is 0.822 bits per heavy atom. The van der Waals surface area contributed by atoms with Gasteiger partial charge in [-0.05, 0) is 55.8 Å². The molecule has 15 nitrogen and oxygen atoms in total. The number of carbonyl (C=O) groups is 6. The van der Waals surface area contributed by atoms with Gasteiger partial charge in [0.25, 0.3) is 0 Å². The van der Waals surface area contributed by atoms with Gasteiger partial charge in [0, 0.05) is 18.6 Å². The highest BCUT2D eigenvalue weighted by molar-refractivity contribution is 7.80. The standard InChI is InChI=1S/C29H47N7O8S/c1-3-16(2)24(32)28(42)33-19(11-12-23(31)38)25(39)36-22(15-45)27(41)35-21(14-17-7-9-18(37)10-8-17)26(40)34-20(29(43)44)6-4-5-13-30/h7-10,16,19-22,24,37,45H,3-6,11-15,30,32H2,1-2H3,(H2,31,38)(H,33,42)(H,34,40)(H,35,41)(H,36,39)(H,43,44). The monoisotopic (exact) mass is 653 g/mol. The zero-order chi connectivity index (χ0) is 34.1. The van der Waals surface area contributed by atoms with Gasteiger partial charge in [0.1, 0.15) is 29.9 Å². The van der Waals surface area contributed by atoms with Gasteiger partial charge in [-0.25, -0.2) is 4.79 Å². The number of thiol groups is 1. The molecule has 0 heterocycles. The van der Waals surface area contributed by atoms with E-state index in [1.165, 1.54) is 24.3 Å². The summed E-state index contributed by atoms with van der Waals surface area (Å²) in [7, 11) is 0. The predicted octanol–water partition coefficient (Wildman–Crippen LogP) is -1.34. The number of aromatic hydroxyl groups is 1. The number of carboxylic acid groups (broad SMARTS) is 1. The van der Waals surface area contributed by atoms with Gasteiger partial charge in [-0.3, -0.25) is 24.0 Å². The molecule has 0 spiro atoms. The molecule has 1 rings (SSSR count). The number of carboxylic acids is 1. The fourth-order valence-electron chi connectivity index (χ4n) is 4.17. The van der Waals surface area contributed by atoms with E-state index in [1.807, 2.05) is 6.92 Å². The zero-order valence-corrected chi connectivity index (χ0v) is 26.6. The van der Waals surface area contributed by atoms with Crippen LogP contribution in [0.15, 0.2) is 24.3 Å². The molecule has 0 fully saturated rings. The maximum Gasteiger partial charge on any atom is 0.326 e. The van der Waals surface area contributed by atoms with Gasteiger partial charge < -0.3 is 48.7 Å². The summed E-state index contributed by atoms with van der Waals surface area (Å²) in [6, 6.07) is -0.142. The van der Waals surface area contributed by atoms with Crippen LogP contribution in [0.25, 0.3) is 0 Å². The van der Waals surface area contributed by atoms with Crippen molar-refractivity contribution in [2.24, 2.45) is 23.1 Å². The van der Waals surface area contributed by atoms with Crippen LogP contribution in [0.3, 0.4) is 0 Å². The summed E-state index contributed by atoms with van der Waals surface area (Å²) >= 11 is 4.17. The van der Waals surface area contributed by atoms with Crippen molar-refractivity contribution in [3.8, 4) is 5.75 Å². The second-order valence-electron chi connectivity index (χ2n) is 10.8. The molecule has 0 bridgehead atoms. The minimum Gasteiger partial charge on any atom is -0.508 e. The summed E-state index contributed by atoms with van der Waals surface area (Å²) in [6.07, 6.45) is 1.26. The third-order valence-corrected chi connectivity index (χ3v) is 7.62. The molecule has 0 aromatic heterocycles. The Morgan fingerprint density at radius 2 is 1.36 bits per heavy atom. The molecule has 1 aromatic rings. The van der Waals surface area contributed by atoms with Crippen molar-refractivity contribution in [2.75, 3.05) is 12.3 Å². The van der Waals surface area contributed by atoms with E-state index in [2.05, 4.69) is 33.9 Å². The molecule has 252 valence electrons. The molecule has 0 aliphatic heterocycles. The van der Waals surface area contributed by atoms with Crippen molar-refractivity contribution in [1.82, 2.24) is 21.3 Å². The van der Waals surface area contributed by atoms with Crippen LogP contribution in [-0.2, 0) is 35.2 Å². The molecule has 6 atom stereocenters. The van der Waals surface area contributed by atoms with Crippen LogP contribution in [0.1, 0.15) is 57.9 Å². The molecule has 6 unspecified atom stereocenters. The molecule has 0 saturated heterocycles. The van der Waals surface area contributed by atoms with Crippen LogP contribution >= 0.6 is 12.6 Å². The summed E-state index contributed by atoms with van der Waals surface area (Å²) < 4.78 is 0. The lowest BCUT2D eigenvalue weighted by molar-refractivity contribution is -0.142. The van der Waals surface area contributed by atoms with Crippen molar-refractivity contribution in [2.45, 2.75) is 89.0 Å². The average Bonchev–Trinajstić information content (AvgIpc) is 3.00. The minimum atomic E-state index is -1.30. The number of hydrogen-bond acceptors (Lipinski definition) is 10. The Bertz CT molecular complexity index is 1150. The molecule has 45 heavy (non-hydrogen) atoms. The largest absolute Gasteiger partial charge is 0.508 e. The highest BCUT2D eigenvalue weighted by Crippen LogP contribution is 2.13. The minimum absolute atomic E-state index is 0.0180. The maximum atomic E-state index is 13.3. The van der Waals surface area contributed by atoms with Crippen molar-refractivity contribution < 1.29 is 39.0 Å². The first-order valence-corrected chi connectivity index (χ1v) is 15.4. The third kappa shape index (κ3) is 14.2. The number of phenols is 1. The van der Waals surface area contributed by atoms with E-state index in [9.17, 15) is 39.0 Å². The highest BCUT2D eigenvalue weighted by atomic mass is 32.1. The van der Waals surface area contributed by atoms with Gasteiger partial charge in [-0.2, -0.15) is 12.6 Å². The van der Waals surface area contributed by atoms with E-state index in [1.54, 1.807) is 6.92 Å². The van der Waals surface area contributed by atoms with Gasteiger partial charge in [-0.15, -0.1) is 0 Å². The van der Waals surface area contributed by atoms with Gasteiger partial charge in [0.05, 0.1) is 6.04 Å². The van der Waals surface area contributed by atoms with E-state index in [0.29, 0.717) is 31.4 Å². The van der Waals surface area contributed by atoms with Crippen molar-refractivity contribution in [1.29, 1.82) is 0 Å². The fraction of sp³-hybridized carbons (Fsp3) is 0.586. The van der Waals surface area contributed by atoms with E-state index >= 15 is 0 Å². The van der Waals surface area contributed by atoms with Crippen molar-refractivity contribution in [3.05, 3.63) is 29.8 Å². The van der Waals surface area contributed by atoms with Gasteiger partial charge in [-0.1, -0.05) is 32.4 Å². The molecule has 1 aromatic carbocycles. The number of rotatable bonds is 21. The molecule has 0 aliphatic rings. The Morgan fingerprint density at radius 3 is 1.89 bits per heavy atom. The number of benzene rings is 1. The quantitative estimate of drug-likeness (QED) is 0.0551. The Labute approximate surface area is 268 Å². The summed E-state index contributed by atoms with van der Waals surface area (Å²) in [6.45, 7) is 3.98. The van der Waals surface area contributed by atoms with Crippen molar-refractivity contribution >= 4 is 48.1 Å². The number of nitrogens with two attached hydrogens (primary N) is 3. The number of amides is 5. The van der Waals surface area contributed by atoms with Gasteiger partial charge in [0.2, 0.25) is 29.5 Å². The van der Waals surface area contributed by atoms with Crippen LogP contribution in [0.2, 0.25) is 0 Å². The highest BCUT2D eigenvalue weighted by Gasteiger charge is 2.32. The summed E-state index contributed by atoms with van der Waals surface area (Å²) in [5.74, 6) is -5.42. The topological polar surface area (TPSA) is 269 Å². The second-order valence-corrected chi connectivity index (χ2v) is 11.2. The van der Waals surface area contributed by atoms with Crippen LogP contribution in [0.5, 0.6) is 5.75 Å². The van der Waals surface area contributed by atoms with Gasteiger partial charge in [0.15, 0.2) is 0 Å². The van der Waals surface area contributed by atoms with Crippen LogP contribution in [-0.4, -0.2) is 88.2 Å². The van der Waals surface area contributed by atoms with Crippen molar-refractivity contribution in [3.63, 3.8) is 0 Å².